The number of carboxylic acid groups (broad SMARTS) is 1. The van der Waals surface area contributed by atoms with Gasteiger partial charge in [-0.05, 0) is 31.2 Å². The summed E-state index contributed by atoms with van der Waals surface area (Å²) in [5.74, 6) is -1.37. The average Bonchev–Trinajstić information content (AvgIpc) is 2.15. The molecule has 7 heteroatoms. The van der Waals surface area contributed by atoms with E-state index in [4.69, 9.17) is 10.8 Å². The lowest BCUT2D eigenvalue weighted by molar-refractivity contribution is -0.140. The Balaban J connectivity index is 0.000000360. The maximum absolute atomic E-state index is 11.9. The molecule has 4 nitrogen and oxygen atoms in total. The largest absolute Gasteiger partial charge is 0.481 e. The second-order valence-electron chi connectivity index (χ2n) is 3.39. The second kappa shape index (κ2) is 6.63. The van der Waals surface area contributed by atoms with Gasteiger partial charge in [-0.3, -0.25) is 9.59 Å². The van der Waals surface area contributed by atoms with Gasteiger partial charge >= 0.3 is 12.1 Å². The number of carboxylic acids is 1. The Morgan fingerprint density at radius 1 is 1.22 bits per heavy atom. The molecule has 0 saturated carbocycles. The summed E-state index contributed by atoms with van der Waals surface area (Å²) in [6.07, 6.45) is -4.63. The SMILES string of the molecule is CC(=O)CC(=O)O.Nc1ccc(C(F)(F)F)cc1. The van der Waals surface area contributed by atoms with Crippen LogP contribution in [0.1, 0.15) is 18.9 Å². The predicted molar refractivity (Wildman–Crippen MR) is 58.8 cm³/mol. The number of rotatable bonds is 2. The van der Waals surface area contributed by atoms with Crippen LogP contribution in [0.15, 0.2) is 24.3 Å². The van der Waals surface area contributed by atoms with E-state index >= 15 is 0 Å². The number of aliphatic carboxylic acids is 1. The predicted octanol–water partition coefficient (Wildman–Crippen LogP) is 2.34. The Morgan fingerprint density at radius 2 is 1.67 bits per heavy atom. The molecule has 0 aliphatic heterocycles. The van der Waals surface area contributed by atoms with Crippen molar-refractivity contribution in [1.29, 1.82) is 0 Å². The molecule has 0 fully saturated rings. The summed E-state index contributed by atoms with van der Waals surface area (Å²) in [6, 6.07) is 4.36. The zero-order valence-electron chi connectivity index (χ0n) is 9.49. The van der Waals surface area contributed by atoms with E-state index in [2.05, 4.69) is 0 Å². The standard InChI is InChI=1S/C7H6F3N.C4H6O3/c8-7(9,10)5-1-3-6(11)4-2-5;1-3(5)2-4(6)7/h1-4H,11H2;2H2,1H3,(H,6,7). The monoisotopic (exact) mass is 263 g/mol. The van der Waals surface area contributed by atoms with E-state index in [0.29, 0.717) is 5.69 Å². The quantitative estimate of drug-likeness (QED) is 0.634. The number of alkyl halides is 3. The lowest BCUT2D eigenvalue weighted by Crippen LogP contribution is -2.04. The highest BCUT2D eigenvalue weighted by molar-refractivity contribution is 5.93. The summed E-state index contributed by atoms with van der Waals surface area (Å²) in [5, 5.41) is 7.86. The van der Waals surface area contributed by atoms with Gasteiger partial charge in [-0.2, -0.15) is 13.2 Å². The Labute approximate surface area is 101 Å². The summed E-state index contributed by atoms with van der Waals surface area (Å²) in [7, 11) is 0. The molecular formula is C11H12F3NO3. The number of carbonyl (C=O) groups is 2. The summed E-state index contributed by atoms with van der Waals surface area (Å²) in [5.41, 5.74) is 4.86. The van der Waals surface area contributed by atoms with Crippen molar-refractivity contribution in [2.24, 2.45) is 0 Å². The van der Waals surface area contributed by atoms with Crippen LogP contribution in [-0.2, 0) is 15.8 Å². The van der Waals surface area contributed by atoms with Gasteiger partial charge in [-0.25, -0.2) is 0 Å². The first-order valence-corrected chi connectivity index (χ1v) is 4.77. The Kier molecular flexibility index (Phi) is 5.87. The van der Waals surface area contributed by atoms with Gasteiger partial charge in [0.1, 0.15) is 12.2 Å². The van der Waals surface area contributed by atoms with Gasteiger partial charge < -0.3 is 10.8 Å². The highest BCUT2D eigenvalue weighted by Gasteiger charge is 2.29. The Morgan fingerprint density at radius 3 is 1.89 bits per heavy atom. The molecule has 0 bridgehead atoms. The van der Waals surface area contributed by atoms with E-state index in [9.17, 15) is 22.8 Å². The molecule has 0 amide bonds. The number of nitrogens with two attached hydrogens (primary N) is 1. The zero-order chi connectivity index (χ0) is 14.3. The molecule has 1 aromatic rings. The summed E-state index contributed by atoms with van der Waals surface area (Å²) in [4.78, 5) is 19.5. The molecule has 0 unspecified atom stereocenters. The van der Waals surface area contributed by atoms with Crippen LogP contribution in [0.5, 0.6) is 0 Å². The van der Waals surface area contributed by atoms with Gasteiger partial charge in [0.2, 0.25) is 0 Å². The molecule has 0 spiro atoms. The van der Waals surface area contributed by atoms with E-state index in [1.807, 2.05) is 0 Å². The van der Waals surface area contributed by atoms with Gasteiger partial charge in [0.05, 0.1) is 5.56 Å². The van der Waals surface area contributed by atoms with Crippen LogP contribution in [0.2, 0.25) is 0 Å². The van der Waals surface area contributed by atoms with Gasteiger partial charge in [0, 0.05) is 5.69 Å². The molecule has 0 saturated heterocycles. The third-order valence-corrected chi connectivity index (χ3v) is 1.64. The van der Waals surface area contributed by atoms with Crippen molar-refractivity contribution in [3.05, 3.63) is 29.8 Å². The maximum atomic E-state index is 11.9. The zero-order valence-corrected chi connectivity index (χ0v) is 9.49. The average molecular weight is 263 g/mol. The van der Waals surface area contributed by atoms with Gasteiger partial charge in [0.15, 0.2) is 0 Å². The highest BCUT2D eigenvalue weighted by Crippen LogP contribution is 2.29. The lowest BCUT2D eigenvalue weighted by atomic mass is 10.2. The van der Waals surface area contributed by atoms with Gasteiger partial charge in [0.25, 0.3) is 0 Å². The van der Waals surface area contributed by atoms with E-state index in [1.54, 1.807) is 0 Å². The van der Waals surface area contributed by atoms with Crippen molar-refractivity contribution < 1.29 is 27.9 Å². The number of hydrogen-bond donors (Lipinski definition) is 2. The molecule has 0 atom stereocenters. The molecule has 0 radical (unpaired) electrons. The first-order valence-electron chi connectivity index (χ1n) is 4.77. The molecule has 100 valence electrons. The van der Waals surface area contributed by atoms with Crippen molar-refractivity contribution in [3.63, 3.8) is 0 Å². The molecule has 0 heterocycles. The van der Waals surface area contributed by atoms with Crippen molar-refractivity contribution in [1.82, 2.24) is 0 Å². The van der Waals surface area contributed by atoms with Crippen LogP contribution in [0.25, 0.3) is 0 Å². The number of carbonyl (C=O) groups excluding carboxylic acids is 1. The number of nitrogen functional groups attached to an aromatic ring is 1. The number of hydrogen-bond acceptors (Lipinski definition) is 3. The minimum Gasteiger partial charge on any atom is -0.481 e. The van der Waals surface area contributed by atoms with Crippen LogP contribution in [0, 0.1) is 0 Å². The number of halogens is 3. The summed E-state index contributed by atoms with van der Waals surface area (Å²) in [6.45, 7) is 1.24. The van der Waals surface area contributed by atoms with Crippen LogP contribution in [0.4, 0.5) is 18.9 Å². The van der Waals surface area contributed by atoms with Crippen LogP contribution in [-0.4, -0.2) is 16.9 Å². The van der Waals surface area contributed by atoms with Crippen LogP contribution in [0.3, 0.4) is 0 Å². The fraction of sp³-hybridized carbons (Fsp3) is 0.273. The van der Waals surface area contributed by atoms with E-state index in [1.165, 1.54) is 19.1 Å². The van der Waals surface area contributed by atoms with Crippen molar-refractivity contribution in [2.45, 2.75) is 19.5 Å². The first kappa shape index (κ1) is 16.0. The third-order valence-electron chi connectivity index (χ3n) is 1.64. The molecule has 18 heavy (non-hydrogen) atoms. The maximum Gasteiger partial charge on any atom is 0.416 e. The molecule has 1 rings (SSSR count). The highest BCUT2D eigenvalue weighted by atomic mass is 19.4. The van der Waals surface area contributed by atoms with E-state index in [0.717, 1.165) is 12.1 Å². The summed E-state index contributed by atoms with van der Waals surface area (Å²) >= 11 is 0. The van der Waals surface area contributed by atoms with E-state index in [-0.39, 0.29) is 12.2 Å². The summed E-state index contributed by atoms with van der Waals surface area (Å²) < 4.78 is 35.6. The Hall–Kier alpha value is -2.05. The van der Waals surface area contributed by atoms with Crippen molar-refractivity contribution >= 4 is 17.4 Å². The van der Waals surface area contributed by atoms with Crippen molar-refractivity contribution in [3.8, 4) is 0 Å². The normalized spacial score (nSPS) is 10.2. The molecule has 0 aliphatic carbocycles. The minimum absolute atomic E-state index is 0.312. The number of benzene rings is 1. The molecular weight excluding hydrogens is 251 g/mol. The van der Waals surface area contributed by atoms with Gasteiger partial charge in [-0.1, -0.05) is 0 Å². The minimum atomic E-state index is -4.27. The molecule has 3 N–H and O–H groups in total. The first-order chi connectivity index (χ1) is 8.12. The van der Waals surface area contributed by atoms with Crippen LogP contribution >= 0.6 is 0 Å². The van der Waals surface area contributed by atoms with Crippen LogP contribution < -0.4 is 5.73 Å². The number of Topliss-reactive ketones (excluding diaryl/α,β-unsaturated/α-hetero) is 1. The molecule has 0 aromatic heterocycles. The lowest BCUT2D eigenvalue weighted by Gasteiger charge is -2.05. The van der Waals surface area contributed by atoms with Crippen molar-refractivity contribution in [2.75, 3.05) is 5.73 Å². The molecule has 1 aromatic carbocycles. The third kappa shape index (κ3) is 7.26. The number of anilines is 1. The van der Waals surface area contributed by atoms with Gasteiger partial charge in [-0.15, -0.1) is 0 Å². The fourth-order valence-corrected chi connectivity index (χ4v) is 0.885. The van der Waals surface area contributed by atoms with E-state index < -0.39 is 17.7 Å². The smallest absolute Gasteiger partial charge is 0.416 e. The topological polar surface area (TPSA) is 80.4 Å². The fourth-order valence-electron chi connectivity index (χ4n) is 0.885. The Bertz CT molecular complexity index is 401. The number of ketones is 1. The second-order valence-corrected chi connectivity index (χ2v) is 3.39. The molecule has 0 aliphatic rings.